The lowest BCUT2D eigenvalue weighted by Gasteiger charge is -2.14. The summed E-state index contributed by atoms with van der Waals surface area (Å²) in [5.41, 5.74) is 2.23. The number of halogens is 4. The van der Waals surface area contributed by atoms with Crippen molar-refractivity contribution in [2.75, 3.05) is 10.6 Å². The number of aromatic nitrogens is 2. The quantitative estimate of drug-likeness (QED) is 0.402. The summed E-state index contributed by atoms with van der Waals surface area (Å²) in [5, 5.41) is 11.1. The fraction of sp³-hybridized carbons (Fsp3) is 0.158. The van der Waals surface area contributed by atoms with Crippen LogP contribution in [0.2, 0.25) is 5.02 Å². The van der Waals surface area contributed by atoms with E-state index >= 15 is 0 Å². The third-order valence-corrected chi connectivity index (χ3v) is 4.84. The van der Waals surface area contributed by atoms with Crippen molar-refractivity contribution in [3.63, 3.8) is 0 Å². The maximum atomic E-state index is 12.6. The zero-order chi connectivity index (χ0) is 21.0. The van der Waals surface area contributed by atoms with Gasteiger partial charge in [0.15, 0.2) is 10.9 Å². The second-order valence-electron chi connectivity index (χ2n) is 6.11. The predicted molar refractivity (Wildman–Crippen MR) is 118 cm³/mol. The summed E-state index contributed by atoms with van der Waals surface area (Å²) in [6.07, 6.45) is 1.80. The van der Waals surface area contributed by atoms with Crippen LogP contribution in [-0.2, 0) is 6.54 Å². The van der Waals surface area contributed by atoms with Crippen molar-refractivity contribution in [3.8, 4) is 5.75 Å². The van der Waals surface area contributed by atoms with Gasteiger partial charge >= 0.3 is 6.61 Å². The lowest BCUT2D eigenvalue weighted by atomic mass is 10.2. The van der Waals surface area contributed by atoms with E-state index in [1.165, 1.54) is 6.07 Å². The maximum Gasteiger partial charge on any atom is 0.387 e. The standard InChI is InChI=1S/C19H16BrClF2N4OS/c1-11-2-7-16(28-18(22)23)15(8-11)24-19(29)25-17-14(20)10-27(26-17)9-12-3-5-13(21)6-4-12/h2-8,10,18H,9H2,1H3,(H2,24,25,26,29). The van der Waals surface area contributed by atoms with E-state index in [1.807, 2.05) is 31.2 Å². The molecule has 1 heterocycles. The molecule has 0 spiro atoms. The Bertz CT molecular complexity index is 1010. The minimum absolute atomic E-state index is 0.00193. The van der Waals surface area contributed by atoms with Gasteiger partial charge in [-0.2, -0.15) is 13.9 Å². The van der Waals surface area contributed by atoms with E-state index in [4.69, 9.17) is 23.8 Å². The molecule has 0 fully saturated rings. The summed E-state index contributed by atoms with van der Waals surface area (Å²) in [6, 6.07) is 12.3. The minimum Gasteiger partial charge on any atom is -0.433 e. The van der Waals surface area contributed by atoms with Crippen LogP contribution in [0.5, 0.6) is 5.75 Å². The molecule has 29 heavy (non-hydrogen) atoms. The second-order valence-corrected chi connectivity index (χ2v) is 7.81. The third-order valence-electron chi connectivity index (χ3n) is 3.81. The molecule has 3 aromatic rings. The number of hydrogen-bond donors (Lipinski definition) is 2. The number of ether oxygens (including phenoxy) is 1. The van der Waals surface area contributed by atoms with Gasteiger partial charge in [-0.05, 0) is 70.5 Å². The van der Waals surface area contributed by atoms with Crippen LogP contribution < -0.4 is 15.4 Å². The molecule has 0 bridgehead atoms. The van der Waals surface area contributed by atoms with Crippen LogP contribution in [0.25, 0.3) is 0 Å². The summed E-state index contributed by atoms with van der Waals surface area (Å²) < 4.78 is 32.2. The Morgan fingerprint density at radius 3 is 2.66 bits per heavy atom. The largest absolute Gasteiger partial charge is 0.433 e. The van der Waals surface area contributed by atoms with Crippen LogP contribution in [0, 0.1) is 6.92 Å². The van der Waals surface area contributed by atoms with Crippen LogP contribution in [0.4, 0.5) is 20.3 Å². The Balaban J connectivity index is 1.69. The van der Waals surface area contributed by atoms with Gasteiger partial charge in [0.05, 0.1) is 16.7 Å². The summed E-state index contributed by atoms with van der Waals surface area (Å²) >= 11 is 14.6. The van der Waals surface area contributed by atoms with Crippen molar-refractivity contribution >= 4 is 56.4 Å². The first-order chi connectivity index (χ1) is 13.8. The molecule has 0 aliphatic carbocycles. The van der Waals surface area contributed by atoms with E-state index in [9.17, 15) is 8.78 Å². The Morgan fingerprint density at radius 2 is 1.97 bits per heavy atom. The van der Waals surface area contributed by atoms with Gasteiger partial charge in [0.25, 0.3) is 0 Å². The van der Waals surface area contributed by atoms with E-state index in [0.717, 1.165) is 11.1 Å². The molecule has 2 N–H and O–H groups in total. The van der Waals surface area contributed by atoms with Crippen molar-refractivity contribution in [3.05, 3.63) is 69.3 Å². The van der Waals surface area contributed by atoms with Crippen molar-refractivity contribution in [1.29, 1.82) is 0 Å². The molecule has 2 aromatic carbocycles. The van der Waals surface area contributed by atoms with Gasteiger partial charge in [0.2, 0.25) is 0 Å². The van der Waals surface area contributed by atoms with Crippen molar-refractivity contribution in [1.82, 2.24) is 9.78 Å². The van der Waals surface area contributed by atoms with E-state index in [1.54, 1.807) is 23.0 Å². The van der Waals surface area contributed by atoms with Crippen LogP contribution in [0.15, 0.2) is 53.1 Å². The topological polar surface area (TPSA) is 51.1 Å². The maximum absolute atomic E-state index is 12.6. The smallest absolute Gasteiger partial charge is 0.387 e. The van der Waals surface area contributed by atoms with Crippen molar-refractivity contribution < 1.29 is 13.5 Å². The number of benzene rings is 2. The minimum atomic E-state index is -2.93. The Hall–Kier alpha value is -2.23. The molecular formula is C19H16BrClF2N4OS. The van der Waals surface area contributed by atoms with Crippen LogP contribution in [0.3, 0.4) is 0 Å². The highest BCUT2D eigenvalue weighted by molar-refractivity contribution is 9.10. The van der Waals surface area contributed by atoms with Crippen molar-refractivity contribution in [2.24, 2.45) is 0 Å². The molecule has 0 amide bonds. The highest BCUT2D eigenvalue weighted by Crippen LogP contribution is 2.28. The van der Waals surface area contributed by atoms with Gasteiger partial charge in [-0.15, -0.1) is 0 Å². The summed E-state index contributed by atoms with van der Waals surface area (Å²) in [5.74, 6) is 0.488. The number of rotatable bonds is 6. The number of nitrogens with zero attached hydrogens (tertiary/aromatic N) is 2. The Labute approximate surface area is 185 Å². The Morgan fingerprint density at radius 1 is 1.24 bits per heavy atom. The fourth-order valence-corrected chi connectivity index (χ4v) is 3.29. The Kier molecular flexibility index (Phi) is 7.05. The van der Waals surface area contributed by atoms with Gasteiger partial charge in [0.1, 0.15) is 5.75 Å². The number of nitrogens with one attached hydrogen (secondary N) is 2. The van der Waals surface area contributed by atoms with E-state index < -0.39 is 6.61 Å². The molecule has 0 radical (unpaired) electrons. The van der Waals surface area contributed by atoms with Gasteiger partial charge in [0, 0.05) is 11.2 Å². The average Bonchev–Trinajstić information content (AvgIpc) is 2.98. The summed E-state index contributed by atoms with van der Waals surface area (Å²) in [4.78, 5) is 0. The zero-order valence-electron chi connectivity index (χ0n) is 15.1. The van der Waals surface area contributed by atoms with Gasteiger partial charge in [-0.3, -0.25) is 4.68 Å². The molecule has 1 aromatic heterocycles. The summed E-state index contributed by atoms with van der Waals surface area (Å²) in [7, 11) is 0. The van der Waals surface area contributed by atoms with Gasteiger partial charge in [-0.25, -0.2) is 0 Å². The first-order valence-electron chi connectivity index (χ1n) is 8.41. The summed E-state index contributed by atoms with van der Waals surface area (Å²) in [6.45, 7) is -0.553. The van der Waals surface area contributed by atoms with E-state index in [0.29, 0.717) is 27.5 Å². The molecule has 0 aliphatic rings. The molecule has 10 heteroatoms. The van der Waals surface area contributed by atoms with E-state index in [2.05, 4.69) is 36.4 Å². The third kappa shape index (κ3) is 6.12. The molecular weight excluding hydrogens is 486 g/mol. The zero-order valence-corrected chi connectivity index (χ0v) is 18.3. The number of alkyl halides is 2. The number of aryl methyl sites for hydroxylation is 1. The van der Waals surface area contributed by atoms with Gasteiger partial charge in [-0.1, -0.05) is 29.8 Å². The lowest BCUT2D eigenvalue weighted by molar-refractivity contribution is -0.0493. The first kappa shape index (κ1) is 21.5. The van der Waals surface area contributed by atoms with Gasteiger partial charge < -0.3 is 15.4 Å². The molecule has 0 aliphatic heterocycles. The van der Waals surface area contributed by atoms with Crippen LogP contribution in [-0.4, -0.2) is 21.5 Å². The van der Waals surface area contributed by atoms with E-state index in [-0.39, 0.29) is 10.9 Å². The molecule has 5 nitrogen and oxygen atoms in total. The molecule has 3 rings (SSSR count). The number of thiocarbonyl (C=S) groups is 1. The lowest BCUT2D eigenvalue weighted by Crippen LogP contribution is -2.20. The highest BCUT2D eigenvalue weighted by Gasteiger charge is 2.13. The predicted octanol–water partition coefficient (Wildman–Crippen LogP) is 6.07. The average molecular weight is 502 g/mol. The number of anilines is 2. The number of hydrogen-bond acceptors (Lipinski definition) is 3. The SMILES string of the molecule is Cc1ccc(OC(F)F)c(NC(=S)Nc2nn(Cc3ccc(Cl)cc3)cc2Br)c1. The second kappa shape index (κ2) is 9.51. The molecule has 0 saturated carbocycles. The van der Waals surface area contributed by atoms with Crippen molar-refractivity contribution in [2.45, 2.75) is 20.1 Å². The monoisotopic (exact) mass is 500 g/mol. The molecule has 0 saturated heterocycles. The van der Waals surface area contributed by atoms with Crippen LogP contribution in [0.1, 0.15) is 11.1 Å². The molecule has 0 unspecified atom stereocenters. The molecule has 152 valence electrons. The fourth-order valence-electron chi connectivity index (χ4n) is 2.54. The highest BCUT2D eigenvalue weighted by atomic mass is 79.9. The normalized spacial score (nSPS) is 10.8. The molecule has 0 atom stereocenters. The van der Waals surface area contributed by atoms with Crippen LogP contribution >= 0.6 is 39.7 Å². The first-order valence-corrected chi connectivity index (χ1v) is 9.99.